The summed E-state index contributed by atoms with van der Waals surface area (Å²) in [4.78, 5) is 0. The highest BCUT2D eigenvalue weighted by molar-refractivity contribution is 5.61. The number of benzene rings is 3. The third kappa shape index (κ3) is 2.64. The Morgan fingerprint density at radius 3 is 2.53 bits per heavy atom. The Morgan fingerprint density at radius 1 is 1.09 bits per heavy atom. The van der Waals surface area contributed by atoms with Crippen molar-refractivity contribution in [1.29, 1.82) is 5.26 Å². The summed E-state index contributed by atoms with van der Waals surface area (Å²) < 4.78 is 31.9. The summed E-state index contributed by atoms with van der Waals surface area (Å²) in [5.74, 6) is 0.801. The Bertz CT molecular complexity index is 1240. The summed E-state index contributed by atoms with van der Waals surface area (Å²) in [5, 5.41) is 21.5. The fraction of sp³-hybridized carbons (Fsp3) is 0.269. The Labute approximate surface area is 185 Å². The maximum atomic E-state index is 14.2. The van der Waals surface area contributed by atoms with Crippen molar-refractivity contribution < 1.29 is 23.7 Å². The second kappa shape index (κ2) is 7.25. The SMILES string of the molecule is COc1cc(OC)c2c(c1)O[C@@]1(c3ccc(C#N)cc3)[C@H](c3cccc(F)c3)CC[C@@]21O. The Balaban J connectivity index is 1.78. The van der Waals surface area contributed by atoms with Crippen LogP contribution in [0.4, 0.5) is 4.39 Å². The third-order valence-electron chi connectivity index (χ3n) is 6.77. The van der Waals surface area contributed by atoms with Crippen LogP contribution in [0.5, 0.6) is 17.2 Å². The number of rotatable bonds is 4. The summed E-state index contributed by atoms with van der Waals surface area (Å²) in [5.41, 5.74) is -0.137. The van der Waals surface area contributed by atoms with Gasteiger partial charge < -0.3 is 19.3 Å². The molecule has 5 rings (SSSR count). The highest BCUT2D eigenvalue weighted by Gasteiger charge is 2.69. The first-order valence-corrected chi connectivity index (χ1v) is 10.4. The summed E-state index contributed by atoms with van der Waals surface area (Å²) in [6.07, 6.45) is 0.971. The molecule has 3 atom stereocenters. The van der Waals surface area contributed by atoms with Gasteiger partial charge in [-0.3, -0.25) is 0 Å². The standard InChI is InChI=1S/C26H22FNO4/c1-30-20-13-22(31-2)24-23(14-20)32-26(18-8-6-16(15-28)7-9-18)21(10-11-25(24,26)29)17-4-3-5-19(27)12-17/h3-9,12-14,21,29H,10-11H2,1-2H3/t21-,25+,26-/m0/s1. The van der Waals surface area contributed by atoms with E-state index in [9.17, 15) is 14.8 Å². The summed E-state index contributed by atoms with van der Waals surface area (Å²) in [7, 11) is 3.09. The van der Waals surface area contributed by atoms with E-state index in [0.29, 0.717) is 46.8 Å². The molecular weight excluding hydrogens is 409 g/mol. The zero-order valence-electron chi connectivity index (χ0n) is 17.8. The van der Waals surface area contributed by atoms with Gasteiger partial charge in [0.25, 0.3) is 0 Å². The van der Waals surface area contributed by atoms with Crippen LogP contribution in [0.15, 0.2) is 60.7 Å². The van der Waals surface area contributed by atoms with Gasteiger partial charge in [0, 0.05) is 18.1 Å². The lowest BCUT2D eigenvalue weighted by Crippen LogP contribution is -2.48. The Morgan fingerprint density at radius 2 is 1.88 bits per heavy atom. The van der Waals surface area contributed by atoms with Crippen molar-refractivity contribution in [2.45, 2.75) is 30.0 Å². The fourth-order valence-corrected chi connectivity index (χ4v) is 5.42. The van der Waals surface area contributed by atoms with Gasteiger partial charge in [-0.05, 0) is 48.2 Å². The molecule has 162 valence electrons. The predicted molar refractivity (Wildman–Crippen MR) is 115 cm³/mol. The van der Waals surface area contributed by atoms with E-state index in [2.05, 4.69) is 6.07 Å². The Hall–Kier alpha value is -3.56. The van der Waals surface area contributed by atoms with Crippen LogP contribution in [0.25, 0.3) is 0 Å². The minimum Gasteiger partial charge on any atom is -0.496 e. The molecule has 0 amide bonds. The van der Waals surface area contributed by atoms with Gasteiger partial charge in [0.1, 0.15) is 28.7 Å². The molecule has 0 spiro atoms. The number of aliphatic hydroxyl groups is 1. The Kier molecular flexibility index (Phi) is 4.61. The van der Waals surface area contributed by atoms with E-state index in [1.165, 1.54) is 12.1 Å². The normalized spacial score (nSPS) is 25.4. The largest absolute Gasteiger partial charge is 0.496 e. The average Bonchev–Trinajstić information content (AvgIpc) is 3.25. The zero-order valence-corrected chi connectivity index (χ0v) is 17.8. The molecule has 0 radical (unpaired) electrons. The molecule has 6 heteroatoms. The number of hydrogen-bond acceptors (Lipinski definition) is 5. The topological polar surface area (TPSA) is 71.7 Å². The van der Waals surface area contributed by atoms with Crippen LogP contribution in [-0.2, 0) is 11.2 Å². The van der Waals surface area contributed by atoms with Crippen LogP contribution >= 0.6 is 0 Å². The summed E-state index contributed by atoms with van der Waals surface area (Å²) in [6.45, 7) is 0. The number of halogens is 1. The number of nitrogens with zero attached hydrogens (tertiary/aromatic N) is 1. The van der Waals surface area contributed by atoms with Gasteiger partial charge in [0.05, 0.1) is 31.4 Å². The van der Waals surface area contributed by atoms with Crippen LogP contribution in [0, 0.1) is 17.1 Å². The van der Waals surface area contributed by atoms with Gasteiger partial charge in [0.15, 0.2) is 5.60 Å². The first-order valence-electron chi connectivity index (χ1n) is 10.4. The molecule has 3 aromatic carbocycles. The number of methoxy groups -OCH3 is 2. The average molecular weight is 431 g/mol. The summed E-state index contributed by atoms with van der Waals surface area (Å²) in [6, 6.07) is 19.0. The highest BCUT2D eigenvalue weighted by Crippen LogP contribution is 2.68. The molecule has 3 aromatic rings. The predicted octanol–water partition coefficient (Wildman–Crippen LogP) is 4.77. The van der Waals surface area contributed by atoms with Gasteiger partial charge in [0.2, 0.25) is 0 Å². The van der Waals surface area contributed by atoms with E-state index >= 15 is 0 Å². The van der Waals surface area contributed by atoms with E-state index in [1.807, 2.05) is 6.07 Å². The molecule has 1 aliphatic carbocycles. The lowest BCUT2D eigenvalue weighted by molar-refractivity contribution is -0.106. The molecular formula is C26H22FNO4. The van der Waals surface area contributed by atoms with E-state index in [-0.39, 0.29) is 11.7 Å². The quantitative estimate of drug-likeness (QED) is 0.645. The van der Waals surface area contributed by atoms with Crippen molar-refractivity contribution in [2.24, 2.45) is 0 Å². The zero-order chi connectivity index (χ0) is 22.5. The van der Waals surface area contributed by atoms with E-state index in [0.717, 1.165) is 5.56 Å². The maximum absolute atomic E-state index is 14.2. The number of fused-ring (bicyclic) bond motifs is 3. The van der Waals surface area contributed by atoms with Crippen LogP contribution in [-0.4, -0.2) is 19.3 Å². The molecule has 0 aromatic heterocycles. The van der Waals surface area contributed by atoms with Crippen molar-refractivity contribution in [3.05, 3.63) is 88.7 Å². The number of ether oxygens (including phenoxy) is 3. The molecule has 32 heavy (non-hydrogen) atoms. The number of nitriles is 1. The second-order valence-corrected chi connectivity index (χ2v) is 8.24. The molecule has 1 N–H and O–H groups in total. The van der Waals surface area contributed by atoms with Gasteiger partial charge >= 0.3 is 0 Å². The summed E-state index contributed by atoms with van der Waals surface area (Å²) >= 11 is 0. The lowest BCUT2D eigenvalue weighted by atomic mass is 9.71. The third-order valence-corrected chi connectivity index (χ3v) is 6.77. The van der Waals surface area contributed by atoms with Gasteiger partial charge in [-0.15, -0.1) is 0 Å². The van der Waals surface area contributed by atoms with Gasteiger partial charge in [-0.2, -0.15) is 5.26 Å². The molecule has 0 saturated heterocycles. The minimum absolute atomic E-state index is 0.334. The molecule has 1 fully saturated rings. The first kappa shape index (κ1) is 20.3. The van der Waals surface area contributed by atoms with Crippen molar-refractivity contribution in [1.82, 2.24) is 0 Å². The minimum atomic E-state index is -1.43. The fourth-order valence-electron chi connectivity index (χ4n) is 5.42. The van der Waals surface area contributed by atoms with Crippen LogP contribution in [0.1, 0.15) is 41.0 Å². The molecule has 1 saturated carbocycles. The van der Waals surface area contributed by atoms with Crippen molar-refractivity contribution >= 4 is 0 Å². The van der Waals surface area contributed by atoms with E-state index in [1.54, 1.807) is 56.7 Å². The van der Waals surface area contributed by atoms with Gasteiger partial charge in [-0.1, -0.05) is 24.3 Å². The maximum Gasteiger partial charge on any atom is 0.174 e. The smallest absolute Gasteiger partial charge is 0.174 e. The first-order chi connectivity index (χ1) is 15.5. The molecule has 5 nitrogen and oxygen atoms in total. The highest BCUT2D eigenvalue weighted by atomic mass is 19.1. The van der Waals surface area contributed by atoms with Crippen LogP contribution in [0.3, 0.4) is 0 Å². The van der Waals surface area contributed by atoms with E-state index in [4.69, 9.17) is 14.2 Å². The molecule has 1 heterocycles. The lowest BCUT2D eigenvalue weighted by Gasteiger charge is -2.40. The van der Waals surface area contributed by atoms with Crippen LogP contribution < -0.4 is 14.2 Å². The molecule has 0 bridgehead atoms. The molecule has 0 unspecified atom stereocenters. The second-order valence-electron chi connectivity index (χ2n) is 8.24. The van der Waals surface area contributed by atoms with Crippen molar-refractivity contribution in [3.63, 3.8) is 0 Å². The van der Waals surface area contributed by atoms with Crippen molar-refractivity contribution in [3.8, 4) is 23.3 Å². The van der Waals surface area contributed by atoms with Crippen molar-refractivity contribution in [2.75, 3.05) is 14.2 Å². The number of hydrogen-bond donors (Lipinski definition) is 1. The molecule has 2 aliphatic rings. The monoisotopic (exact) mass is 431 g/mol. The molecule has 1 aliphatic heterocycles. The van der Waals surface area contributed by atoms with E-state index < -0.39 is 11.2 Å². The van der Waals surface area contributed by atoms with Gasteiger partial charge in [-0.25, -0.2) is 4.39 Å². The van der Waals surface area contributed by atoms with Crippen LogP contribution in [0.2, 0.25) is 0 Å².